The summed E-state index contributed by atoms with van der Waals surface area (Å²) in [4.78, 5) is 0.376. The highest BCUT2D eigenvalue weighted by Crippen LogP contribution is 2.36. The first-order valence-electron chi connectivity index (χ1n) is 7.72. The van der Waals surface area contributed by atoms with Crippen LogP contribution in [0.2, 0.25) is 0 Å². The van der Waals surface area contributed by atoms with E-state index in [4.69, 9.17) is 0 Å². The highest BCUT2D eigenvalue weighted by Gasteiger charge is 2.40. The summed E-state index contributed by atoms with van der Waals surface area (Å²) in [7, 11) is -3.48. The Kier molecular flexibility index (Phi) is 4.79. The van der Waals surface area contributed by atoms with Crippen molar-refractivity contribution >= 4 is 9.84 Å². The Morgan fingerprint density at radius 3 is 2.43 bits per heavy atom. The monoisotopic (exact) mass is 310 g/mol. The molecule has 21 heavy (non-hydrogen) atoms. The normalized spacial score (nSPS) is 27.0. The molecule has 3 unspecified atom stereocenters. The lowest BCUT2D eigenvalue weighted by molar-refractivity contribution is 0.0997. The second-order valence-corrected chi connectivity index (χ2v) is 8.87. The molecule has 0 radical (unpaired) electrons. The predicted molar refractivity (Wildman–Crippen MR) is 85.1 cm³/mol. The van der Waals surface area contributed by atoms with Crippen molar-refractivity contribution in [2.45, 2.75) is 63.2 Å². The van der Waals surface area contributed by atoms with Crippen LogP contribution in [-0.4, -0.2) is 24.9 Å². The van der Waals surface area contributed by atoms with Gasteiger partial charge in [-0.3, -0.25) is 0 Å². The van der Waals surface area contributed by atoms with Gasteiger partial charge in [-0.1, -0.05) is 31.5 Å². The third kappa shape index (κ3) is 3.32. The zero-order valence-corrected chi connectivity index (χ0v) is 14.2. The van der Waals surface area contributed by atoms with Crippen LogP contribution in [0, 0.1) is 25.7 Å². The van der Waals surface area contributed by atoms with Crippen molar-refractivity contribution < 1.29 is 13.5 Å². The van der Waals surface area contributed by atoms with Gasteiger partial charge in [0.25, 0.3) is 0 Å². The van der Waals surface area contributed by atoms with Crippen molar-refractivity contribution in [3.8, 4) is 0 Å². The van der Waals surface area contributed by atoms with E-state index >= 15 is 0 Å². The van der Waals surface area contributed by atoms with Crippen molar-refractivity contribution in [1.29, 1.82) is 0 Å². The maximum Gasteiger partial charge on any atom is 0.184 e. The molecule has 2 rings (SSSR count). The van der Waals surface area contributed by atoms with E-state index in [0.717, 1.165) is 17.5 Å². The fraction of sp³-hybridized carbons (Fsp3) is 0.647. The highest BCUT2D eigenvalue weighted by atomic mass is 32.2. The molecule has 1 fully saturated rings. The molecule has 0 spiro atoms. The number of rotatable bonds is 3. The lowest BCUT2D eigenvalue weighted by Crippen LogP contribution is -2.41. The second kappa shape index (κ2) is 6.09. The maximum atomic E-state index is 12.9. The van der Waals surface area contributed by atoms with Crippen LogP contribution in [0.15, 0.2) is 23.1 Å². The summed E-state index contributed by atoms with van der Waals surface area (Å²) < 4.78 is 25.9. The molecule has 1 saturated carbocycles. The van der Waals surface area contributed by atoms with Crippen LogP contribution in [0.4, 0.5) is 0 Å². The quantitative estimate of drug-likeness (QED) is 0.932. The minimum absolute atomic E-state index is 0.374. The van der Waals surface area contributed by atoms with Crippen LogP contribution in [0.5, 0.6) is 0 Å². The topological polar surface area (TPSA) is 54.4 Å². The Labute approximate surface area is 128 Å². The Hall–Kier alpha value is -0.870. The van der Waals surface area contributed by atoms with Crippen LogP contribution in [0.25, 0.3) is 0 Å². The Balaban J connectivity index is 2.37. The predicted octanol–water partition coefficient (Wildman–Crippen LogP) is 3.26. The summed E-state index contributed by atoms with van der Waals surface area (Å²) in [5, 5.41) is 9.57. The van der Waals surface area contributed by atoms with Crippen LogP contribution in [-0.2, 0) is 9.84 Å². The first-order chi connectivity index (χ1) is 9.73. The fourth-order valence-electron chi connectivity index (χ4n) is 3.36. The van der Waals surface area contributed by atoms with Gasteiger partial charge in [0.15, 0.2) is 9.84 Å². The van der Waals surface area contributed by atoms with Gasteiger partial charge in [0.1, 0.15) is 0 Å². The molecule has 0 bridgehead atoms. The lowest BCUT2D eigenvalue weighted by atomic mass is 9.80. The van der Waals surface area contributed by atoms with Gasteiger partial charge in [0.2, 0.25) is 0 Å². The lowest BCUT2D eigenvalue weighted by Gasteiger charge is -2.35. The number of hydrogen-bond donors (Lipinski definition) is 1. The van der Waals surface area contributed by atoms with Gasteiger partial charge in [0, 0.05) is 0 Å². The minimum Gasteiger partial charge on any atom is -0.392 e. The van der Waals surface area contributed by atoms with Crippen LogP contribution in [0.3, 0.4) is 0 Å². The van der Waals surface area contributed by atoms with Gasteiger partial charge < -0.3 is 5.11 Å². The van der Waals surface area contributed by atoms with Gasteiger partial charge in [-0.05, 0) is 56.6 Å². The van der Waals surface area contributed by atoms with E-state index in [0.29, 0.717) is 29.6 Å². The summed E-state index contributed by atoms with van der Waals surface area (Å²) in [6.45, 7) is 8.04. The molecule has 0 saturated heterocycles. The van der Waals surface area contributed by atoms with Crippen LogP contribution >= 0.6 is 0 Å². The van der Waals surface area contributed by atoms with E-state index in [1.807, 2.05) is 26.0 Å². The van der Waals surface area contributed by atoms with E-state index in [-0.39, 0.29) is 0 Å². The van der Waals surface area contributed by atoms with Gasteiger partial charge in [0.05, 0.1) is 16.2 Å². The van der Waals surface area contributed by atoms with Gasteiger partial charge in [-0.25, -0.2) is 8.42 Å². The summed E-state index contributed by atoms with van der Waals surface area (Å²) in [6, 6.07) is 5.41. The average Bonchev–Trinajstić information content (AvgIpc) is 2.38. The van der Waals surface area contributed by atoms with Crippen LogP contribution < -0.4 is 0 Å². The summed E-state index contributed by atoms with van der Waals surface area (Å²) in [5.41, 5.74) is 1.82. The van der Waals surface area contributed by atoms with E-state index in [2.05, 4.69) is 13.8 Å². The number of aliphatic hydroxyl groups is 1. The van der Waals surface area contributed by atoms with Gasteiger partial charge in [-0.15, -0.1) is 0 Å². The minimum atomic E-state index is -3.48. The molecule has 1 aliphatic carbocycles. The smallest absolute Gasteiger partial charge is 0.184 e. The molecule has 1 N–H and O–H groups in total. The molecule has 3 atom stereocenters. The van der Waals surface area contributed by atoms with Crippen molar-refractivity contribution in [3.63, 3.8) is 0 Å². The van der Waals surface area contributed by atoms with Crippen molar-refractivity contribution in [3.05, 3.63) is 29.3 Å². The molecule has 3 nitrogen and oxygen atoms in total. The number of aryl methyl sites for hydroxylation is 2. The molecular formula is C17H26O3S. The second-order valence-electron chi connectivity index (χ2n) is 6.74. The molecule has 1 aromatic carbocycles. The third-order valence-electron chi connectivity index (χ3n) is 4.78. The summed E-state index contributed by atoms with van der Waals surface area (Å²) >= 11 is 0. The number of hydrogen-bond acceptors (Lipinski definition) is 3. The Morgan fingerprint density at radius 2 is 1.86 bits per heavy atom. The van der Waals surface area contributed by atoms with Gasteiger partial charge >= 0.3 is 0 Å². The molecule has 0 heterocycles. The highest BCUT2D eigenvalue weighted by molar-refractivity contribution is 7.92. The molecule has 0 aromatic heterocycles. The third-order valence-corrected chi connectivity index (χ3v) is 7.15. The Bertz CT molecular complexity index is 604. The average molecular weight is 310 g/mol. The molecule has 0 amide bonds. The molecular weight excluding hydrogens is 284 g/mol. The van der Waals surface area contributed by atoms with E-state index < -0.39 is 21.2 Å². The largest absolute Gasteiger partial charge is 0.392 e. The van der Waals surface area contributed by atoms with E-state index in [9.17, 15) is 13.5 Å². The van der Waals surface area contributed by atoms with Crippen molar-refractivity contribution in [2.24, 2.45) is 11.8 Å². The van der Waals surface area contributed by atoms with E-state index in [1.54, 1.807) is 6.07 Å². The summed E-state index contributed by atoms with van der Waals surface area (Å²) in [5.74, 6) is 0.827. The first kappa shape index (κ1) is 16.5. The SMILES string of the molecule is Cc1ccc(S(=O)(=O)C2CC(C(C)C)CCC2O)c(C)c1. The maximum absolute atomic E-state index is 12.9. The molecule has 4 heteroatoms. The van der Waals surface area contributed by atoms with Crippen LogP contribution in [0.1, 0.15) is 44.2 Å². The zero-order chi connectivity index (χ0) is 15.8. The first-order valence-corrected chi connectivity index (χ1v) is 9.27. The molecule has 1 aromatic rings. The molecule has 0 aliphatic heterocycles. The Morgan fingerprint density at radius 1 is 1.19 bits per heavy atom. The number of benzene rings is 1. The van der Waals surface area contributed by atoms with Gasteiger partial charge in [-0.2, -0.15) is 0 Å². The molecule has 118 valence electrons. The van der Waals surface area contributed by atoms with Crippen molar-refractivity contribution in [2.75, 3.05) is 0 Å². The summed E-state index contributed by atoms with van der Waals surface area (Å²) in [6.07, 6.45) is 1.31. The molecule has 1 aliphatic rings. The standard InChI is InChI=1S/C17H26O3S/c1-11(2)14-6-7-15(18)17(10-14)21(19,20)16-8-5-12(3)9-13(16)4/h5,8-9,11,14-15,17-18H,6-7,10H2,1-4H3. The number of aliphatic hydroxyl groups excluding tert-OH is 1. The van der Waals surface area contributed by atoms with E-state index in [1.165, 1.54) is 0 Å². The fourth-order valence-corrected chi connectivity index (χ4v) is 5.51. The number of sulfone groups is 1. The zero-order valence-electron chi connectivity index (χ0n) is 13.3. The van der Waals surface area contributed by atoms with Crippen molar-refractivity contribution in [1.82, 2.24) is 0 Å².